The van der Waals surface area contributed by atoms with Crippen molar-refractivity contribution in [3.8, 4) is 0 Å². The summed E-state index contributed by atoms with van der Waals surface area (Å²) >= 11 is 0. The molecule has 1 aromatic carbocycles. The maximum atomic E-state index is 9.20. The van der Waals surface area contributed by atoms with Crippen LogP contribution in [0.2, 0.25) is 0 Å². The van der Waals surface area contributed by atoms with E-state index in [0.29, 0.717) is 26.4 Å². The Morgan fingerprint density at radius 2 is 0.596 bits per heavy atom. The van der Waals surface area contributed by atoms with Crippen LogP contribution in [0.4, 0.5) is 5.69 Å². The molecule has 0 bridgehead atoms. The van der Waals surface area contributed by atoms with E-state index < -0.39 is 0 Å². The summed E-state index contributed by atoms with van der Waals surface area (Å²) in [5, 5.41) is 36.7. The van der Waals surface area contributed by atoms with Crippen LogP contribution in [-0.2, 0) is 0 Å². The summed E-state index contributed by atoms with van der Waals surface area (Å²) in [7, 11) is 6.87. The van der Waals surface area contributed by atoms with E-state index >= 15 is 0 Å². The SMILES string of the molecule is OCCCCCCCCC(P)(CCCCCCCCO)N(c1ccccc1)C(P)(CCCCCCCCO)CCCCCCCCO. The average Bonchev–Trinajstić information content (AvgIpc) is 3.07. The van der Waals surface area contributed by atoms with Crippen molar-refractivity contribution in [1.29, 1.82) is 0 Å². The summed E-state index contributed by atoms with van der Waals surface area (Å²) in [5.74, 6) is 0. The van der Waals surface area contributed by atoms with E-state index in [-0.39, 0.29) is 10.6 Å². The maximum Gasteiger partial charge on any atom is 0.0549 e. The first kappa shape index (κ1) is 44.7. The highest BCUT2D eigenvalue weighted by molar-refractivity contribution is 7.21. The highest BCUT2D eigenvalue weighted by Crippen LogP contribution is 2.49. The molecule has 0 aliphatic rings. The average molecular weight is 698 g/mol. The van der Waals surface area contributed by atoms with Gasteiger partial charge in [0.1, 0.15) is 0 Å². The van der Waals surface area contributed by atoms with Crippen molar-refractivity contribution in [3.63, 3.8) is 0 Å². The molecule has 0 fully saturated rings. The van der Waals surface area contributed by atoms with Crippen molar-refractivity contribution >= 4 is 24.2 Å². The first-order valence-corrected chi connectivity index (χ1v) is 21.0. The van der Waals surface area contributed by atoms with Crippen LogP contribution in [0.5, 0.6) is 0 Å². The molecule has 0 spiro atoms. The van der Waals surface area contributed by atoms with Crippen LogP contribution in [0.1, 0.15) is 180 Å². The van der Waals surface area contributed by atoms with E-state index in [1.165, 1.54) is 108 Å². The minimum atomic E-state index is -0.0262. The minimum Gasteiger partial charge on any atom is -0.396 e. The second kappa shape index (κ2) is 30.5. The number of rotatable bonds is 35. The second-order valence-electron chi connectivity index (χ2n) is 14.3. The van der Waals surface area contributed by atoms with Crippen LogP contribution in [0.15, 0.2) is 30.3 Å². The fourth-order valence-corrected chi connectivity index (χ4v) is 9.01. The molecule has 276 valence electrons. The molecule has 5 nitrogen and oxygen atoms in total. The predicted molar refractivity (Wildman–Crippen MR) is 211 cm³/mol. The lowest BCUT2D eigenvalue weighted by Gasteiger charge is -2.54. The van der Waals surface area contributed by atoms with E-state index in [2.05, 4.69) is 53.7 Å². The number of hydrogen-bond acceptors (Lipinski definition) is 5. The van der Waals surface area contributed by atoms with Crippen molar-refractivity contribution in [2.45, 2.75) is 190 Å². The van der Waals surface area contributed by atoms with Gasteiger partial charge in [-0.3, -0.25) is 0 Å². The van der Waals surface area contributed by atoms with Gasteiger partial charge >= 0.3 is 0 Å². The molecule has 0 aromatic heterocycles. The van der Waals surface area contributed by atoms with Crippen LogP contribution < -0.4 is 4.90 Å². The third-order valence-corrected chi connectivity index (χ3v) is 11.6. The van der Waals surface area contributed by atoms with E-state index in [9.17, 15) is 20.4 Å². The van der Waals surface area contributed by atoms with Crippen LogP contribution in [0.3, 0.4) is 0 Å². The molecule has 0 aliphatic carbocycles. The molecule has 0 saturated heterocycles. The number of para-hydroxylation sites is 1. The third kappa shape index (κ3) is 21.5. The van der Waals surface area contributed by atoms with Crippen molar-refractivity contribution < 1.29 is 20.4 Å². The van der Waals surface area contributed by atoms with Crippen molar-refractivity contribution in [3.05, 3.63) is 30.3 Å². The van der Waals surface area contributed by atoms with Gasteiger partial charge in [0.2, 0.25) is 0 Å². The highest BCUT2D eigenvalue weighted by Gasteiger charge is 2.42. The van der Waals surface area contributed by atoms with Gasteiger partial charge in [-0.15, -0.1) is 18.5 Å². The molecule has 7 heteroatoms. The monoisotopic (exact) mass is 698 g/mol. The molecule has 0 heterocycles. The summed E-state index contributed by atoms with van der Waals surface area (Å²) in [6.07, 6.45) is 32.6. The number of anilines is 1. The lowest BCUT2D eigenvalue weighted by atomic mass is 9.91. The number of aliphatic hydroxyl groups is 4. The Morgan fingerprint density at radius 3 is 0.851 bits per heavy atom. The van der Waals surface area contributed by atoms with Crippen LogP contribution in [0, 0.1) is 0 Å². The Balaban J connectivity index is 3.21. The van der Waals surface area contributed by atoms with Gasteiger partial charge in [-0.25, -0.2) is 0 Å². The Hall–Kier alpha value is -0.280. The summed E-state index contributed by atoms with van der Waals surface area (Å²) in [6, 6.07) is 11.2. The minimum absolute atomic E-state index is 0.0262. The Morgan fingerprint density at radius 1 is 0.362 bits per heavy atom. The van der Waals surface area contributed by atoms with Crippen LogP contribution >= 0.6 is 18.5 Å². The van der Waals surface area contributed by atoms with Gasteiger partial charge < -0.3 is 25.3 Å². The molecule has 0 radical (unpaired) electrons. The molecule has 1 rings (SSSR count). The lowest BCUT2D eigenvalue weighted by Crippen LogP contribution is -2.55. The molecule has 0 aliphatic heterocycles. The highest BCUT2D eigenvalue weighted by atomic mass is 31.0. The summed E-state index contributed by atoms with van der Waals surface area (Å²) in [4.78, 5) is 2.85. The molecule has 1 aromatic rings. The maximum absolute atomic E-state index is 9.20. The van der Waals surface area contributed by atoms with Gasteiger partial charge in [0.15, 0.2) is 0 Å². The zero-order valence-electron chi connectivity index (χ0n) is 30.4. The number of hydrogen-bond donors (Lipinski definition) is 4. The second-order valence-corrected chi connectivity index (χ2v) is 16.4. The Kier molecular flexibility index (Phi) is 29.1. The molecular formula is C40H77NO4P2. The zero-order valence-corrected chi connectivity index (χ0v) is 32.7. The fourth-order valence-electron chi connectivity index (χ4n) is 7.23. The Labute approximate surface area is 295 Å². The van der Waals surface area contributed by atoms with Crippen molar-refractivity contribution in [1.82, 2.24) is 0 Å². The number of nitrogens with zero attached hydrogens (tertiary/aromatic N) is 1. The fraction of sp³-hybridized carbons (Fsp3) is 0.850. The standard InChI is InChI=1S/C40H77NO4P2/c42-34-24-13-5-1-9-20-30-39(46,31-21-10-2-6-14-25-35-43)41(38-28-18-17-19-29-38)40(47,32-22-11-3-7-15-26-36-44)33-23-12-4-8-16-27-37-45/h17-19,28-29,42-45H,1-16,20-27,30-37,46-47H2. The molecule has 2 atom stereocenters. The number of aliphatic hydroxyl groups excluding tert-OH is 4. The molecule has 0 saturated carbocycles. The number of unbranched alkanes of at least 4 members (excludes halogenated alkanes) is 20. The first-order valence-electron chi connectivity index (χ1n) is 19.8. The summed E-state index contributed by atoms with van der Waals surface area (Å²) < 4.78 is 0. The normalized spacial score (nSPS) is 12.2. The molecule has 4 N–H and O–H groups in total. The Bertz CT molecular complexity index is 718. The summed E-state index contributed by atoms with van der Waals surface area (Å²) in [6.45, 7) is 1.23. The molecule has 47 heavy (non-hydrogen) atoms. The van der Waals surface area contributed by atoms with Gasteiger partial charge in [0.05, 0.1) is 10.6 Å². The van der Waals surface area contributed by atoms with Gasteiger partial charge in [-0.05, 0) is 63.5 Å². The van der Waals surface area contributed by atoms with Gasteiger partial charge in [0, 0.05) is 32.1 Å². The van der Waals surface area contributed by atoms with Crippen LogP contribution in [-0.4, -0.2) is 57.4 Å². The van der Waals surface area contributed by atoms with Crippen molar-refractivity contribution in [2.75, 3.05) is 31.3 Å². The largest absolute Gasteiger partial charge is 0.396 e. The van der Waals surface area contributed by atoms with E-state index in [1.807, 2.05) is 0 Å². The first-order chi connectivity index (χ1) is 23.0. The topological polar surface area (TPSA) is 84.2 Å². The third-order valence-electron chi connectivity index (χ3n) is 9.98. The zero-order chi connectivity index (χ0) is 34.3. The van der Waals surface area contributed by atoms with E-state index in [4.69, 9.17) is 0 Å². The quantitative estimate of drug-likeness (QED) is 0.0419. The molecular weight excluding hydrogens is 620 g/mol. The molecule has 2 unspecified atom stereocenters. The van der Waals surface area contributed by atoms with E-state index in [1.54, 1.807) is 0 Å². The number of benzene rings is 1. The van der Waals surface area contributed by atoms with Crippen molar-refractivity contribution in [2.24, 2.45) is 0 Å². The van der Waals surface area contributed by atoms with Gasteiger partial charge in [0.25, 0.3) is 0 Å². The van der Waals surface area contributed by atoms with Crippen LogP contribution in [0.25, 0.3) is 0 Å². The van der Waals surface area contributed by atoms with Gasteiger partial charge in [-0.2, -0.15) is 0 Å². The smallest absolute Gasteiger partial charge is 0.0549 e. The van der Waals surface area contributed by atoms with E-state index in [0.717, 1.165) is 77.0 Å². The van der Waals surface area contributed by atoms with Gasteiger partial charge in [-0.1, -0.05) is 147 Å². The lowest BCUT2D eigenvalue weighted by molar-refractivity contribution is 0.282. The predicted octanol–water partition coefficient (Wildman–Crippen LogP) is 10.5. The summed E-state index contributed by atoms with van der Waals surface area (Å²) in [5.41, 5.74) is 1.34. The molecule has 0 amide bonds.